The van der Waals surface area contributed by atoms with Crippen LogP contribution in [0.5, 0.6) is 5.75 Å². The molecule has 0 fully saturated rings. The number of benzene rings is 1. The Kier molecular flexibility index (Phi) is 4.67. The lowest BCUT2D eigenvalue weighted by atomic mass is 10.0. The maximum absolute atomic E-state index is 11.3. The van der Waals surface area contributed by atoms with E-state index in [4.69, 9.17) is 20.3 Å². The third kappa shape index (κ3) is 3.21. The van der Waals surface area contributed by atoms with Crippen molar-refractivity contribution in [2.45, 2.75) is 6.92 Å². The highest BCUT2D eigenvalue weighted by Crippen LogP contribution is 2.23. The first-order valence-electron chi connectivity index (χ1n) is 5.26. The number of amides is 1. The molecule has 0 aliphatic heterocycles. The van der Waals surface area contributed by atoms with E-state index in [0.29, 0.717) is 12.2 Å². The summed E-state index contributed by atoms with van der Waals surface area (Å²) in [6, 6.07) is 2.71. The van der Waals surface area contributed by atoms with Crippen LogP contribution in [0.1, 0.15) is 26.3 Å². The quantitative estimate of drug-likeness (QED) is 0.731. The van der Waals surface area contributed by atoms with Gasteiger partial charge < -0.3 is 20.3 Å². The van der Waals surface area contributed by atoms with Gasteiger partial charge in [-0.3, -0.25) is 4.79 Å². The Morgan fingerprint density at radius 2 is 1.94 bits per heavy atom. The Morgan fingerprint density at radius 1 is 1.28 bits per heavy atom. The Bertz CT molecular complexity index is 470. The van der Waals surface area contributed by atoms with Crippen molar-refractivity contribution in [1.29, 1.82) is 0 Å². The van der Waals surface area contributed by atoms with Crippen molar-refractivity contribution >= 4 is 11.9 Å². The van der Waals surface area contributed by atoms with Gasteiger partial charge in [-0.1, -0.05) is 0 Å². The van der Waals surface area contributed by atoms with Crippen LogP contribution in [0, 0.1) is 6.92 Å². The molecule has 0 radical (unpaired) electrons. The van der Waals surface area contributed by atoms with Gasteiger partial charge in [-0.25, -0.2) is 4.79 Å². The van der Waals surface area contributed by atoms with Gasteiger partial charge in [-0.15, -0.1) is 0 Å². The third-order valence-corrected chi connectivity index (χ3v) is 2.37. The number of carboxylic acids is 1. The van der Waals surface area contributed by atoms with Gasteiger partial charge in [0.05, 0.1) is 17.7 Å². The first kappa shape index (κ1) is 14.0. The van der Waals surface area contributed by atoms with E-state index in [1.54, 1.807) is 6.92 Å². The Hall–Kier alpha value is -2.08. The fraction of sp³-hybridized carbons (Fsp3) is 0.333. The lowest BCUT2D eigenvalue weighted by molar-refractivity contribution is 0.0694. The maximum atomic E-state index is 11.3. The molecule has 1 aromatic carbocycles. The van der Waals surface area contributed by atoms with Crippen LogP contribution in [0.2, 0.25) is 0 Å². The van der Waals surface area contributed by atoms with Gasteiger partial charge in [0, 0.05) is 7.11 Å². The van der Waals surface area contributed by atoms with E-state index in [9.17, 15) is 9.59 Å². The van der Waals surface area contributed by atoms with Crippen molar-refractivity contribution in [3.05, 3.63) is 28.8 Å². The number of carbonyl (C=O) groups is 2. The summed E-state index contributed by atoms with van der Waals surface area (Å²) in [6.07, 6.45) is 0. The van der Waals surface area contributed by atoms with Crippen molar-refractivity contribution < 1.29 is 24.2 Å². The van der Waals surface area contributed by atoms with Gasteiger partial charge in [0.25, 0.3) is 5.91 Å². The highest BCUT2D eigenvalue weighted by Gasteiger charge is 2.16. The van der Waals surface area contributed by atoms with Gasteiger partial charge in [0.15, 0.2) is 0 Å². The van der Waals surface area contributed by atoms with Crippen molar-refractivity contribution in [2.75, 3.05) is 20.3 Å². The summed E-state index contributed by atoms with van der Waals surface area (Å²) in [7, 11) is 1.51. The van der Waals surface area contributed by atoms with E-state index >= 15 is 0 Å². The maximum Gasteiger partial charge on any atom is 0.336 e. The van der Waals surface area contributed by atoms with Crippen molar-refractivity contribution in [2.24, 2.45) is 5.73 Å². The highest BCUT2D eigenvalue weighted by molar-refractivity contribution is 5.98. The highest BCUT2D eigenvalue weighted by atomic mass is 16.5. The van der Waals surface area contributed by atoms with Gasteiger partial charge in [0.1, 0.15) is 12.4 Å². The fourth-order valence-corrected chi connectivity index (χ4v) is 1.47. The molecule has 18 heavy (non-hydrogen) atoms. The van der Waals surface area contributed by atoms with Crippen LogP contribution in [-0.2, 0) is 4.74 Å². The van der Waals surface area contributed by atoms with Crippen LogP contribution >= 0.6 is 0 Å². The first-order valence-corrected chi connectivity index (χ1v) is 5.26. The molecule has 98 valence electrons. The van der Waals surface area contributed by atoms with Gasteiger partial charge in [0.2, 0.25) is 0 Å². The monoisotopic (exact) mass is 253 g/mol. The summed E-state index contributed by atoms with van der Waals surface area (Å²) in [6.45, 7) is 2.13. The number of hydrogen-bond donors (Lipinski definition) is 2. The molecule has 0 heterocycles. The number of aryl methyl sites for hydroxylation is 1. The zero-order valence-corrected chi connectivity index (χ0v) is 10.2. The molecule has 0 saturated heterocycles. The summed E-state index contributed by atoms with van der Waals surface area (Å²) in [5.74, 6) is -1.59. The number of rotatable bonds is 6. The van der Waals surface area contributed by atoms with Crippen molar-refractivity contribution in [1.82, 2.24) is 0 Å². The lowest BCUT2D eigenvalue weighted by Gasteiger charge is -2.12. The van der Waals surface area contributed by atoms with Gasteiger partial charge >= 0.3 is 5.97 Å². The number of carbonyl (C=O) groups excluding carboxylic acids is 1. The van der Waals surface area contributed by atoms with E-state index in [1.807, 2.05) is 0 Å². The lowest BCUT2D eigenvalue weighted by Crippen LogP contribution is -2.16. The number of ether oxygens (including phenoxy) is 2. The molecule has 0 aliphatic carbocycles. The van der Waals surface area contributed by atoms with E-state index in [1.165, 1.54) is 19.2 Å². The molecule has 0 aromatic heterocycles. The number of aromatic carboxylic acids is 1. The molecule has 0 aliphatic rings. The van der Waals surface area contributed by atoms with Crippen LogP contribution in [0.4, 0.5) is 0 Å². The second-order valence-electron chi connectivity index (χ2n) is 3.67. The standard InChI is InChI=1S/C12H15NO5/c1-7-5-9(11(13)14)10(18-4-3-17-2)6-8(7)12(15)16/h5-6H,3-4H2,1-2H3,(H2,13,14)(H,15,16). The minimum atomic E-state index is -1.08. The predicted molar refractivity (Wildman–Crippen MR) is 64.0 cm³/mol. The number of methoxy groups -OCH3 is 1. The summed E-state index contributed by atoms with van der Waals surface area (Å²) in [5.41, 5.74) is 5.91. The van der Waals surface area contributed by atoms with Gasteiger partial charge in [-0.05, 0) is 24.6 Å². The normalized spacial score (nSPS) is 10.1. The summed E-state index contributed by atoms with van der Waals surface area (Å²) in [4.78, 5) is 22.2. The average molecular weight is 253 g/mol. The second kappa shape index (κ2) is 6.02. The summed E-state index contributed by atoms with van der Waals surface area (Å²) >= 11 is 0. The molecular weight excluding hydrogens is 238 g/mol. The van der Waals surface area contributed by atoms with Gasteiger partial charge in [-0.2, -0.15) is 0 Å². The van der Waals surface area contributed by atoms with Crippen LogP contribution in [0.25, 0.3) is 0 Å². The smallest absolute Gasteiger partial charge is 0.336 e. The minimum Gasteiger partial charge on any atom is -0.490 e. The Labute approximate surface area is 104 Å². The van der Waals surface area contributed by atoms with E-state index < -0.39 is 11.9 Å². The number of hydrogen-bond acceptors (Lipinski definition) is 4. The topological polar surface area (TPSA) is 98.8 Å². The van der Waals surface area contributed by atoms with Crippen LogP contribution in [0.15, 0.2) is 12.1 Å². The molecule has 0 atom stereocenters. The van der Waals surface area contributed by atoms with Crippen molar-refractivity contribution in [3.8, 4) is 5.75 Å². The van der Waals surface area contributed by atoms with E-state index in [-0.39, 0.29) is 23.5 Å². The zero-order valence-electron chi connectivity index (χ0n) is 10.2. The molecule has 1 rings (SSSR count). The molecule has 0 spiro atoms. The largest absolute Gasteiger partial charge is 0.490 e. The molecule has 1 amide bonds. The SMILES string of the molecule is COCCOc1cc(C(=O)O)c(C)cc1C(N)=O. The average Bonchev–Trinajstić information content (AvgIpc) is 2.30. The van der Waals surface area contributed by atoms with Crippen LogP contribution < -0.4 is 10.5 Å². The zero-order chi connectivity index (χ0) is 13.7. The molecule has 0 saturated carbocycles. The molecule has 0 unspecified atom stereocenters. The molecule has 6 heteroatoms. The predicted octanol–water partition coefficient (Wildman–Crippen LogP) is 0.817. The van der Waals surface area contributed by atoms with Crippen LogP contribution in [-0.4, -0.2) is 37.3 Å². The molecular formula is C12H15NO5. The summed E-state index contributed by atoms with van der Waals surface area (Å²) in [5, 5.41) is 8.99. The minimum absolute atomic E-state index is 0.0763. The third-order valence-electron chi connectivity index (χ3n) is 2.37. The summed E-state index contributed by atoms with van der Waals surface area (Å²) < 4.78 is 10.1. The number of nitrogens with two attached hydrogens (primary N) is 1. The molecule has 3 N–H and O–H groups in total. The van der Waals surface area contributed by atoms with Crippen molar-refractivity contribution in [3.63, 3.8) is 0 Å². The van der Waals surface area contributed by atoms with E-state index in [2.05, 4.69) is 0 Å². The molecule has 1 aromatic rings. The first-order chi connectivity index (χ1) is 8.47. The fourth-order valence-electron chi connectivity index (χ4n) is 1.47. The second-order valence-corrected chi connectivity index (χ2v) is 3.67. The van der Waals surface area contributed by atoms with Crippen LogP contribution in [0.3, 0.4) is 0 Å². The number of primary amides is 1. The molecule has 0 bridgehead atoms. The Balaban J connectivity index is 3.14. The van der Waals surface area contributed by atoms with E-state index in [0.717, 1.165) is 0 Å². The molecule has 6 nitrogen and oxygen atoms in total. The Morgan fingerprint density at radius 3 is 2.44 bits per heavy atom. The number of carboxylic acid groups (broad SMARTS) is 1.